The number of carbonyl (C=O) groups excluding carboxylic acids is 3. The molecule has 2 heterocycles. The van der Waals surface area contributed by atoms with Gasteiger partial charge in [-0.3, -0.25) is 24.2 Å². The van der Waals surface area contributed by atoms with Gasteiger partial charge in [0.1, 0.15) is 29.7 Å². The summed E-state index contributed by atoms with van der Waals surface area (Å²) >= 11 is 6.55. The monoisotopic (exact) mass is 610 g/mol. The average Bonchev–Trinajstić information content (AvgIpc) is 3.38. The normalized spacial score (nSPS) is 19.0. The first-order valence-corrected chi connectivity index (χ1v) is 14.0. The molecule has 1 aliphatic heterocycles. The van der Waals surface area contributed by atoms with Gasteiger partial charge in [-0.2, -0.15) is 5.26 Å². The molecule has 13 heteroatoms. The molecule has 1 saturated heterocycles. The van der Waals surface area contributed by atoms with Crippen molar-refractivity contribution < 1.29 is 27.6 Å². The van der Waals surface area contributed by atoms with Crippen molar-refractivity contribution in [2.45, 2.75) is 62.6 Å². The number of rotatable bonds is 7. The molecule has 0 spiro atoms. The van der Waals surface area contributed by atoms with Crippen molar-refractivity contribution in [3.8, 4) is 6.07 Å². The lowest BCUT2D eigenvalue weighted by atomic mass is 9.91. The van der Waals surface area contributed by atoms with Crippen LogP contribution < -0.4 is 15.1 Å². The number of alkyl halides is 2. The van der Waals surface area contributed by atoms with E-state index in [1.807, 2.05) is 6.07 Å². The van der Waals surface area contributed by atoms with Crippen LogP contribution in [0.3, 0.4) is 0 Å². The Balaban J connectivity index is 1.59. The molecule has 43 heavy (non-hydrogen) atoms. The van der Waals surface area contributed by atoms with Gasteiger partial charge in [-0.05, 0) is 49.6 Å². The van der Waals surface area contributed by atoms with E-state index >= 15 is 0 Å². The summed E-state index contributed by atoms with van der Waals surface area (Å²) in [5, 5.41) is 12.2. The predicted octanol–water partition coefficient (Wildman–Crippen LogP) is 5.10. The largest absolute Gasteiger partial charge is 0.351 e. The van der Waals surface area contributed by atoms with Gasteiger partial charge < -0.3 is 5.32 Å². The van der Waals surface area contributed by atoms with Crippen LogP contribution in [0, 0.1) is 17.1 Å². The molecule has 2 aromatic carbocycles. The highest BCUT2D eigenvalue weighted by molar-refractivity contribution is 6.31. The fourth-order valence-corrected chi connectivity index (χ4v) is 5.68. The average molecular weight is 611 g/mol. The third-order valence-corrected chi connectivity index (χ3v) is 7.91. The minimum absolute atomic E-state index is 0.00578. The SMILES string of the molecule is N#Cc1ccnc(N2C(=O)CCC2C(=O)N(c2cccc(F)c2)C(C(=O)NC2CCC(F)(F)CC2)c2ccccc2Cl)n1. The second-order valence-electron chi connectivity index (χ2n) is 10.4. The quantitative estimate of drug-likeness (QED) is 0.397. The maximum absolute atomic E-state index is 14.6. The molecule has 1 N–H and O–H groups in total. The zero-order valence-electron chi connectivity index (χ0n) is 22.7. The maximum atomic E-state index is 14.6. The number of hydrogen-bond acceptors (Lipinski definition) is 6. The number of carbonyl (C=O) groups is 3. The maximum Gasteiger partial charge on any atom is 0.251 e. The highest BCUT2D eigenvalue weighted by Crippen LogP contribution is 2.37. The summed E-state index contributed by atoms with van der Waals surface area (Å²) < 4.78 is 42.3. The van der Waals surface area contributed by atoms with Gasteiger partial charge in [-0.25, -0.2) is 23.1 Å². The van der Waals surface area contributed by atoms with Gasteiger partial charge in [-0.15, -0.1) is 0 Å². The smallest absolute Gasteiger partial charge is 0.251 e. The minimum Gasteiger partial charge on any atom is -0.351 e. The number of amides is 3. The molecule has 5 rings (SSSR count). The van der Waals surface area contributed by atoms with Crippen LogP contribution >= 0.6 is 11.6 Å². The van der Waals surface area contributed by atoms with Crippen LogP contribution in [0.2, 0.25) is 5.02 Å². The molecule has 1 aliphatic carbocycles. The summed E-state index contributed by atoms with van der Waals surface area (Å²) in [4.78, 5) is 51.9. The summed E-state index contributed by atoms with van der Waals surface area (Å²) in [5.74, 6) is -5.61. The molecule has 9 nitrogen and oxygen atoms in total. The molecule has 1 aromatic heterocycles. The number of hydrogen-bond donors (Lipinski definition) is 1. The van der Waals surface area contributed by atoms with Gasteiger partial charge in [0.25, 0.3) is 5.91 Å². The zero-order chi connectivity index (χ0) is 30.7. The molecule has 2 aliphatic rings. The van der Waals surface area contributed by atoms with Crippen molar-refractivity contribution in [1.29, 1.82) is 5.26 Å². The van der Waals surface area contributed by atoms with Crippen LogP contribution in [0.5, 0.6) is 0 Å². The Hall–Kier alpha value is -4.50. The van der Waals surface area contributed by atoms with Gasteiger partial charge in [0.15, 0.2) is 0 Å². The Morgan fingerprint density at radius 1 is 1.12 bits per heavy atom. The van der Waals surface area contributed by atoms with Crippen molar-refractivity contribution in [2.75, 3.05) is 9.80 Å². The van der Waals surface area contributed by atoms with E-state index in [1.54, 1.807) is 12.1 Å². The molecule has 3 amide bonds. The third kappa shape index (κ3) is 6.46. The number of anilines is 2. The summed E-state index contributed by atoms with van der Waals surface area (Å²) in [5.41, 5.74) is 0.189. The number of aromatic nitrogens is 2. The molecule has 222 valence electrons. The van der Waals surface area contributed by atoms with Crippen LogP contribution in [0.1, 0.15) is 55.8 Å². The van der Waals surface area contributed by atoms with E-state index in [0.29, 0.717) is 0 Å². The fraction of sp³-hybridized carbons (Fsp3) is 0.333. The van der Waals surface area contributed by atoms with Gasteiger partial charge in [0.2, 0.25) is 23.7 Å². The number of benzene rings is 2. The lowest BCUT2D eigenvalue weighted by molar-refractivity contribution is -0.128. The first-order valence-electron chi connectivity index (χ1n) is 13.6. The number of nitrogens with zero attached hydrogens (tertiary/aromatic N) is 5. The Bertz CT molecular complexity index is 1590. The second kappa shape index (κ2) is 12.4. The fourth-order valence-electron chi connectivity index (χ4n) is 5.44. The van der Waals surface area contributed by atoms with Gasteiger partial charge in [0, 0.05) is 47.8 Å². The van der Waals surface area contributed by atoms with E-state index < -0.39 is 60.4 Å². The van der Waals surface area contributed by atoms with Crippen LogP contribution in [-0.2, 0) is 14.4 Å². The summed E-state index contributed by atoms with van der Waals surface area (Å²) in [6.07, 6.45) is 0.514. The van der Waals surface area contributed by atoms with Gasteiger partial charge in [0.05, 0.1) is 0 Å². The van der Waals surface area contributed by atoms with Gasteiger partial charge >= 0.3 is 0 Å². The van der Waals surface area contributed by atoms with E-state index in [-0.39, 0.29) is 53.6 Å². The minimum atomic E-state index is -2.82. The molecular formula is C30H26ClF3N6O3. The molecule has 2 unspecified atom stereocenters. The Kier molecular flexibility index (Phi) is 8.64. The first-order chi connectivity index (χ1) is 20.6. The van der Waals surface area contributed by atoms with Crippen molar-refractivity contribution in [3.05, 3.63) is 82.9 Å². The standard InChI is InChI=1S/C30H26ClF3N6O3/c31-23-7-2-1-6-22(23)26(27(42)37-19-10-13-30(33,34)14-11-19)39(21-5-3-4-18(32)16-21)28(43)24-8-9-25(41)40(24)29-36-15-12-20(17-35)38-29/h1-7,12,15-16,19,24,26H,8-11,13-14H2,(H,37,42). The van der Waals surface area contributed by atoms with Crippen LogP contribution in [0.4, 0.5) is 24.8 Å². The highest BCUT2D eigenvalue weighted by atomic mass is 35.5. The van der Waals surface area contributed by atoms with Gasteiger partial charge in [-0.1, -0.05) is 35.9 Å². The zero-order valence-corrected chi connectivity index (χ0v) is 23.5. The van der Waals surface area contributed by atoms with Crippen LogP contribution in [0.25, 0.3) is 0 Å². The molecule has 3 aromatic rings. The first kappa shape index (κ1) is 30.0. The van der Waals surface area contributed by atoms with E-state index in [0.717, 1.165) is 15.9 Å². The van der Waals surface area contributed by atoms with E-state index in [4.69, 9.17) is 11.6 Å². The Morgan fingerprint density at radius 2 is 1.86 bits per heavy atom. The lowest BCUT2D eigenvalue weighted by Gasteiger charge is -2.37. The third-order valence-electron chi connectivity index (χ3n) is 7.56. The predicted molar refractivity (Wildman–Crippen MR) is 151 cm³/mol. The second-order valence-corrected chi connectivity index (χ2v) is 10.8. The van der Waals surface area contributed by atoms with Crippen molar-refractivity contribution >= 4 is 41.0 Å². The highest BCUT2D eigenvalue weighted by Gasteiger charge is 2.45. The van der Waals surface area contributed by atoms with E-state index in [9.17, 15) is 32.8 Å². The van der Waals surface area contributed by atoms with Crippen molar-refractivity contribution in [2.24, 2.45) is 0 Å². The van der Waals surface area contributed by atoms with E-state index in [1.165, 1.54) is 42.6 Å². The Morgan fingerprint density at radius 3 is 2.56 bits per heavy atom. The number of nitriles is 1. The summed E-state index contributed by atoms with van der Waals surface area (Å²) in [6.45, 7) is 0. The molecule has 0 radical (unpaired) electrons. The van der Waals surface area contributed by atoms with Crippen molar-refractivity contribution in [3.63, 3.8) is 0 Å². The number of halogens is 4. The summed E-state index contributed by atoms with van der Waals surface area (Å²) in [6, 6.07) is 11.3. The van der Waals surface area contributed by atoms with Crippen LogP contribution in [-0.4, -0.2) is 45.7 Å². The van der Waals surface area contributed by atoms with Crippen molar-refractivity contribution in [1.82, 2.24) is 15.3 Å². The van der Waals surface area contributed by atoms with E-state index in [2.05, 4.69) is 15.3 Å². The van der Waals surface area contributed by atoms with Crippen LogP contribution in [0.15, 0.2) is 60.8 Å². The molecule has 1 saturated carbocycles. The molecule has 2 fully saturated rings. The molecule has 0 bridgehead atoms. The summed E-state index contributed by atoms with van der Waals surface area (Å²) in [7, 11) is 0. The topological polar surface area (TPSA) is 119 Å². The Labute approximate surface area is 250 Å². The molecular weight excluding hydrogens is 585 g/mol. The lowest BCUT2D eigenvalue weighted by Crippen LogP contribution is -2.53. The number of nitrogens with one attached hydrogen (secondary N) is 1. The molecule has 2 atom stereocenters.